The molecule has 0 aliphatic heterocycles. The van der Waals surface area contributed by atoms with Gasteiger partial charge >= 0.3 is 0 Å². The molecule has 2 rings (SSSR count). The predicted octanol–water partition coefficient (Wildman–Crippen LogP) is 6.04. The molecule has 2 N–H and O–H groups in total. The third-order valence-electron chi connectivity index (χ3n) is 5.89. The summed E-state index contributed by atoms with van der Waals surface area (Å²) in [7, 11) is 0. The second-order valence-electron chi connectivity index (χ2n) is 7.94. The first-order valence-electron chi connectivity index (χ1n) is 10.6. The first kappa shape index (κ1) is 24.4. The van der Waals surface area contributed by atoms with E-state index in [0.29, 0.717) is 31.4 Å². The maximum atomic E-state index is 13.1. The smallest absolute Gasteiger partial charge is 0.164 e. The number of hydroxylamine groups is 1. The molecular formula is C25H34ClNO3. The number of ketones is 1. The maximum Gasteiger partial charge on any atom is 0.164 e. The minimum Gasteiger partial charge on any atom is -0.512 e. The van der Waals surface area contributed by atoms with Gasteiger partial charge in [0.15, 0.2) is 5.78 Å². The van der Waals surface area contributed by atoms with Crippen molar-refractivity contribution in [2.75, 3.05) is 6.61 Å². The van der Waals surface area contributed by atoms with Crippen molar-refractivity contribution >= 4 is 17.4 Å². The average Bonchev–Trinajstić information content (AvgIpc) is 2.68. The number of nitrogens with one attached hydrogen (secondary N) is 1. The van der Waals surface area contributed by atoms with Gasteiger partial charge in [0, 0.05) is 18.4 Å². The fraction of sp³-hybridized carbons (Fsp3) is 0.480. The third-order valence-corrected chi connectivity index (χ3v) is 6.07. The standard InChI is InChI=1S/C25H34ClNO3/c1-6-8-10-20-16(3)13-17(4)24(18(20)5)19-14-22(28)25(23(29)15-19)21(7-2)27-30-12-9-11-26/h6,8-9,11,13,19,21,27-28H,7,10,12,14-15H2,1-5H3/b8-6+,11-9+. The Morgan fingerprint density at radius 1 is 1.27 bits per heavy atom. The Kier molecular flexibility index (Phi) is 9.35. The third kappa shape index (κ3) is 5.63. The molecule has 0 heterocycles. The number of Topliss-reactive ketones (excluding diaryl/α,β-unsaturated/α-hetero) is 1. The number of halogens is 1. The summed E-state index contributed by atoms with van der Waals surface area (Å²) in [5.41, 5.74) is 10.9. The highest BCUT2D eigenvalue weighted by Crippen LogP contribution is 2.39. The van der Waals surface area contributed by atoms with Crippen LogP contribution in [0.25, 0.3) is 0 Å². The van der Waals surface area contributed by atoms with Crippen molar-refractivity contribution in [3.05, 3.63) is 69.0 Å². The molecule has 1 aliphatic carbocycles. The number of rotatable bonds is 9. The zero-order chi connectivity index (χ0) is 22.3. The van der Waals surface area contributed by atoms with Gasteiger partial charge in [0.25, 0.3) is 0 Å². The Morgan fingerprint density at radius 2 is 2.00 bits per heavy atom. The lowest BCUT2D eigenvalue weighted by molar-refractivity contribution is -0.117. The van der Waals surface area contributed by atoms with Crippen LogP contribution in [-0.2, 0) is 16.1 Å². The molecule has 30 heavy (non-hydrogen) atoms. The van der Waals surface area contributed by atoms with Crippen LogP contribution < -0.4 is 5.48 Å². The molecule has 4 nitrogen and oxygen atoms in total. The van der Waals surface area contributed by atoms with Crippen LogP contribution in [0, 0.1) is 20.8 Å². The van der Waals surface area contributed by atoms with Gasteiger partial charge in [-0.05, 0) is 80.3 Å². The van der Waals surface area contributed by atoms with Crippen molar-refractivity contribution in [2.45, 2.75) is 72.3 Å². The molecule has 0 radical (unpaired) electrons. The highest BCUT2D eigenvalue weighted by Gasteiger charge is 2.34. The minimum atomic E-state index is -0.340. The maximum absolute atomic E-state index is 13.1. The molecule has 5 heteroatoms. The molecule has 0 saturated carbocycles. The van der Waals surface area contributed by atoms with Crippen molar-refractivity contribution in [1.82, 2.24) is 5.48 Å². The number of hydrogen-bond donors (Lipinski definition) is 2. The fourth-order valence-electron chi connectivity index (χ4n) is 4.51. The molecule has 0 aromatic heterocycles. The van der Waals surface area contributed by atoms with E-state index in [2.05, 4.69) is 44.5 Å². The number of aliphatic hydroxyl groups is 1. The van der Waals surface area contributed by atoms with E-state index in [4.69, 9.17) is 16.4 Å². The highest BCUT2D eigenvalue weighted by atomic mass is 35.5. The number of carbonyl (C=O) groups is 1. The quantitative estimate of drug-likeness (QED) is 0.284. The van der Waals surface area contributed by atoms with Gasteiger partial charge in [0.2, 0.25) is 0 Å². The Balaban J connectivity index is 2.33. The molecular weight excluding hydrogens is 398 g/mol. The van der Waals surface area contributed by atoms with Crippen LogP contribution in [0.1, 0.15) is 66.8 Å². The molecule has 0 amide bonds. The van der Waals surface area contributed by atoms with E-state index in [1.807, 2.05) is 13.8 Å². The highest BCUT2D eigenvalue weighted by molar-refractivity contribution is 6.25. The summed E-state index contributed by atoms with van der Waals surface area (Å²) in [6.07, 6.45) is 8.25. The van der Waals surface area contributed by atoms with Crippen LogP contribution in [-0.4, -0.2) is 23.5 Å². The van der Waals surface area contributed by atoms with Crippen molar-refractivity contribution in [3.8, 4) is 0 Å². The van der Waals surface area contributed by atoms with Crippen molar-refractivity contribution < 1.29 is 14.7 Å². The normalized spacial score (nSPS) is 18.7. The number of aryl methyl sites for hydroxylation is 2. The van der Waals surface area contributed by atoms with Crippen LogP contribution in [0.3, 0.4) is 0 Å². The Hall–Kier alpha value is -1.88. The molecule has 0 saturated heterocycles. The molecule has 164 valence electrons. The van der Waals surface area contributed by atoms with Gasteiger partial charge in [-0.1, -0.05) is 36.7 Å². The molecule has 0 fully saturated rings. The SMILES string of the molecule is C/C=C/Cc1c(C)cc(C)c(C2CC(=O)C(C(CC)NOC/C=C/Cl)=C(O)C2)c1C. The van der Waals surface area contributed by atoms with Crippen LogP contribution in [0.2, 0.25) is 0 Å². The van der Waals surface area contributed by atoms with Gasteiger partial charge in [0.1, 0.15) is 5.76 Å². The zero-order valence-corrected chi connectivity index (χ0v) is 19.5. The Morgan fingerprint density at radius 3 is 2.60 bits per heavy atom. The van der Waals surface area contributed by atoms with Crippen LogP contribution >= 0.6 is 11.6 Å². The van der Waals surface area contributed by atoms with Gasteiger partial charge in [0.05, 0.1) is 18.2 Å². The van der Waals surface area contributed by atoms with Crippen molar-refractivity contribution in [2.24, 2.45) is 0 Å². The van der Waals surface area contributed by atoms with Gasteiger partial charge < -0.3 is 5.11 Å². The van der Waals surface area contributed by atoms with E-state index in [-0.39, 0.29) is 23.5 Å². The van der Waals surface area contributed by atoms with E-state index < -0.39 is 0 Å². The molecule has 0 bridgehead atoms. The summed E-state index contributed by atoms with van der Waals surface area (Å²) in [5.74, 6) is 0.138. The number of hydrogen-bond acceptors (Lipinski definition) is 4. The monoisotopic (exact) mass is 431 g/mol. The van der Waals surface area contributed by atoms with E-state index in [9.17, 15) is 9.90 Å². The molecule has 2 atom stereocenters. The van der Waals surface area contributed by atoms with Gasteiger partial charge in [-0.25, -0.2) is 0 Å². The molecule has 1 aliphatic rings. The minimum absolute atomic E-state index is 0.0104. The van der Waals surface area contributed by atoms with Crippen LogP contribution in [0.4, 0.5) is 0 Å². The number of aliphatic hydroxyl groups excluding tert-OH is 1. The summed E-state index contributed by atoms with van der Waals surface area (Å²) in [6, 6.07) is 1.86. The van der Waals surface area contributed by atoms with Crippen molar-refractivity contribution in [1.29, 1.82) is 0 Å². The van der Waals surface area contributed by atoms with Crippen molar-refractivity contribution in [3.63, 3.8) is 0 Å². The Bertz CT molecular complexity index is 854. The fourth-order valence-corrected chi connectivity index (χ4v) is 4.58. The molecule has 1 aromatic rings. The van der Waals surface area contributed by atoms with Crippen LogP contribution in [0.5, 0.6) is 0 Å². The predicted molar refractivity (Wildman–Crippen MR) is 124 cm³/mol. The van der Waals surface area contributed by atoms with E-state index in [0.717, 1.165) is 6.42 Å². The lowest BCUT2D eigenvalue weighted by atomic mass is 9.76. The Labute approximate surface area is 185 Å². The first-order valence-corrected chi connectivity index (χ1v) is 11.1. The van der Waals surface area contributed by atoms with Crippen LogP contribution in [0.15, 0.2) is 41.2 Å². The summed E-state index contributed by atoms with van der Waals surface area (Å²) >= 11 is 5.50. The molecule has 2 unspecified atom stereocenters. The lowest BCUT2D eigenvalue weighted by Gasteiger charge is -2.30. The van der Waals surface area contributed by atoms with E-state index >= 15 is 0 Å². The average molecular weight is 432 g/mol. The number of benzene rings is 1. The summed E-state index contributed by atoms with van der Waals surface area (Å²) < 4.78 is 0. The number of carbonyl (C=O) groups excluding carboxylic acids is 1. The summed E-state index contributed by atoms with van der Waals surface area (Å²) in [4.78, 5) is 18.4. The van der Waals surface area contributed by atoms with Gasteiger partial charge in [-0.15, -0.1) is 0 Å². The number of allylic oxidation sites excluding steroid dienone is 3. The zero-order valence-electron chi connectivity index (χ0n) is 18.7. The largest absolute Gasteiger partial charge is 0.512 e. The topological polar surface area (TPSA) is 58.6 Å². The summed E-state index contributed by atoms with van der Waals surface area (Å²) in [6.45, 7) is 10.7. The van der Waals surface area contributed by atoms with E-state index in [1.54, 1.807) is 6.08 Å². The van der Waals surface area contributed by atoms with E-state index in [1.165, 1.54) is 33.4 Å². The van der Waals surface area contributed by atoms with Gasteiger partial charge in [-0.2, -0.15) is 5.48 Å². The second-order valence-corrected chi connectivity index (χ2v) is 8.19. The molecule has 1 aromatic carbocycles. The second kappa shape index (κ2) is 11.5. The lowest BCUT2D eigenvalue weighted by Crippen LogP contribution is -2.37. The summed E-state index contributed by atoms with van der Waals surface area (Å²) in [5, 5.41) is 10.8. The molecule has 0 spiro atoms. The first-order chi connectivity index (χ1) is 14.3. The van der Waals surface area contributed by atoms with Gasteiger partial charge in [-0.3, -0.25) is 9.63 Å².